The van der Waals surface area contributed by atoms with Crippen molar-refractivity contribution in [1.29, 1.82) is 0 Å². The molecule has 0 amide bonds. The molecule has 0 aliphatic carbocycles. The number of hydrogen-bond acceptors (Lipinski definition) is 3. The van der Waals surface area contributed by atoms with Crippen molar-refractivity contribution in [2.24, 2.45) is 0 Å². The van der Waals surface area contributed by atoms with E-state index in [0.29, 0.717) is 5.46 Å². The van der Waals surface area contributed by atoms with Crippen molar-refractivity contribution in [2.45, 2.75) is 18.2 Å². The van der Waals surface area contributed by atoms with Crippen LogP contribution in [0.3, 0.4) is 0 Å². The Bertz CT molecular complexity index is 1160. The van der Waals surface area contributed by atoms with Crippen molar-refractivity contribution in [3.63, 3.8) is 0 Å². The van der Waals surface area contributed by atoms with Crippen LogP contribution in [0.5, 0.6) is 0 Å². The molecule has 0 unspecified atom stereocenters. The Balaban J connectivity index is 1.68. The van der Waals surface area contributed by atoms with E-state index in [1.165, 1.54) is 10.5 Å². The van der Waals surface area contributed by atoms with Gasteiger partial charge in [-0.05, 0) is 58.3 Å². The Labute approximate surface area is 182 Å². The highest BCUT2D eigenvalue weighted by atomic mass is 32.2. The van der Waals surface area contributed by atoms with E-state index >= 15 is 0 Å². The maximum atomic E-state index is 9.48. The van der Waals surface area contributed by atoms with Crippen LogP contribution < -0.4 is 5.46 Å². The van der Waals surface area contributed by atoms with Gasteiger partial charge in [-0.15, -0.1) is 0 Å². The standard InChI is InChI=1S/C26H23BO2S/c1-18-16-22(14-15-24(18)21-10-7-11-23(17-21)27(28)29)25-12-5-3-8-20-9-4-6-13-26(20)30-19(25)2/h3-7,9-17,28-29H,2,8H2,1H3/b5-3-,25-12?. The molecule has 0 radical (unpaired) electrons. The summed E-state index contributed by atoms with van der Waals surface area (Å²) in [5, 5.41) is 19.0. The minimum Gasteiger partial charge on any atom is -0.423 e. The quantitative estimate of drug-likeness (QED) is 0.588. The summed E-state index contributed by atoms with van der Waals surface area (Å²) in [6.45, 7) is 6.44. The van der Waals surface area contributed by atoms with Crippen molar-refractivity contribution in [3.8, 4) is 11.1 Å². The van der Waals surface area contributed by atoms with Crippen LogP contribution in [-0.4, -0.2) is 17.2 Å². The van der Waals surface area contributed by atoms with Crippen LogP contribution in [0.4, 0.5) is 0 Å². The topological polar surface area (TPSA) is 40.5 Å². The molecule has 0 spiro atoms. The molecular weight excluding hydrogens is 387 g/mol. The van der Waals surface area contributed by atoms with Gasteiger partial charge in [-0.25, -0.2) is 0 Å². The summed E-state index contributed by atoms with van der Waals surface area (Å²) < 4.78 is 0. The van der Waals surface area contributed by atoms with E-state index in [-0.39, 0.29) is 0 Å². The number of allylic oxidation sites excluding steroid dienone is 4. The van der Waals surface area contributed by atoms with Gasteiger partial charge in [0.05, 0.1) is 0 Å². The summed E-state index contributed by atoms with van der Waals surface area (Å²) in [5.74, 6) is 0. The zero-order valence-corrected chi connectivity index (χ0v) is 17.7. The molecule has 1 heterocycles. The van der Waals surface area contributed by atoms with Crippen molar-refractivity contribution < 1.29 is 10.0 Å². The summed E-state index contributed by atoms with van der Waals surface area (Å²) in [6.07, 6.45) is 7.34. The molecule has 3 aromatic carbocycles. The maximum Gasteiger partial charge on any atom is 0.488 e. The van der Waals surface area contributed by atoms with Crippen LogP contribution in [0, 0.1) is 6.92 Å². The molecule has 30 heavy (non-hydrogen) atoms. The molecule has 1 aliphatic heterocycles. The van der Waals surface area contributed by atoms with E-state index < -0.39 is 7.12 Å². The van der Waals surface area contributed by atoms with E-state index in [1.54, 1.807) is 17.8 Å². The largest absolute Gasteiger partial charge is 0.488 e. The summed E-state index contributed by atoms with van der Waals surface area (Å²) in [7, 11) is -1.47. The number of thioether (sulfide) groups is 1. The Morgan fingerprint density at radius 2 is 1.77 bits per heavy atom. The number of hydrogen-bond donors (Lipinski definition) is 2. The third kappa shape index (κ3) is 4.36. The molecule has 1 aliphatic rings. The maximum absolute atomic E-state index is 9.48. The van der Waals surface area contributed by atoms with Gasteiger partial charge >= 0.3 is 7.12 Å². The number of aryl methyl sites for hydroxylation is 1. The Kier molecular flexibility index (Phi) is 6.09. The van der Waals surface area contributed by atoms with Crippen LogP contribution in [0.15, 0.2) is 101 Å². The molecule has 0 atom stereocenters. The molecule has 2 nitrogen and oxygen atoms in total. The molecule has 4 heteroatoms. The molecule has 0 saturated carbocycles. The SMILES string of the molecule is C=C1Sc2ccccc2C/C=C\C=C1c1ccc(-c2cccc(B(O)O)c2)c(C)c1. The fourth-order valence-electron chi connectivity index (χ4n) is 3.69. The number of rotatable bonds is 3. The third-order valence-electron chi connectivity index (χ3n) is 5.28. The van der Waals surface area contributed by atoms with Crippen LogP contribution >= 0.6 is 11.8 Å². The van der Waals surface area contributed by atoms with E-state index in [1.807, 2.05) is 18.2 Å². The zero-order valence-electron chi connectivity index (χ0n) is 16.9. The van der Waals surface area contributed by atoms with Crippen molar-refractivity contribution in [1.82, 2.24) is 0 Å². The van der Waals surface area contributed by atoms with Gasteiger partial charge in [-0.3, -0.25) is 0 Å². The van der Waals surface area contributed by atoms with Gasteiger partial charge in [-0.1, -0.05) is 97.2 Å². The molecule has 0 fully saturated rings. The fourth-order valence-corrected chi connectivity index (χ4v) is 4.68. The van der Waals surface area contributed by atoms with Crippen LogP contribution in [0.1, 0.15) is 16.7 Å². The van der Waals surface area contributed by atoms with Gasteiger partial charge in [0.15, 0.2) is 0 Å². The summed E-state index contributed by atoms with van der Waals surface area (Å²) in [4.78, 5) is 2.26. The van der Waals surface area contributed by atoms with Gasteiger partial charge < -0.3 is 10.0 Å². The van der Waals surface area contributed by atoms with Crippen molar-refractivity contribution in [2.75, 3.05) is 0 Å². The van der Waals surface area contributed by atoms with Crippen molar-refractivity contribution >= 4 is 29.9 Å². The van der Waals surface area contributed by atoms with E-state index in [2.05, 4.69) is 74.2 Å². The predicted molar refractivity (Wildman–Crippen MR) is 129 cm³/mol. The van der Waals surface area contributed by atoms with Gasteiger partial charge in [0.25, 0.3) is 0 Å². The lowest BCUT2D eigenvalue weighted by Gasteiger charge is -2.15. The van der Waals surface area contributed by atoms with Gasteiger partial charge in [0, 0.05) is 9.80 Å². The Morgan fingerprint density at radius 3 is 2.57 bits per heavy atom. The second kappa shape index (κ2) is 8.92. The average Bonchev–Trinajstić information content (AvgIpc) is 2.82. The van der Waals surface area contributed by atoms with Crippen LogP contribution in [0.2, 0.25) is 0 Å². The molecular formula is C26H23BO2S. The molecule has 4 rings (SSSR count). The monoisotopic (exact) mass is 410 g/mol. The highest BCUT2D eigenvalue weighted by Crippen LogP contribution is 2.39. The zero-order chi connectivity index (χ0) is 21.1. The van der Waals surface area contributed by atoms with Gasteiger partial charge in [0.2, 0.25) is 0 Å². The van der Waals surface area contributed by atoms with E-state index in [4.69, 9.17) is 0 Å². The lowest BCUT2D eigenvalue weighted by atomic mass is 9.79. The molecule has 148 valence electrons. The van der Waals surface area contributed by atoms with Crippen LogP contribution in [-0.2, 0) is 6.42 Å². The lowest BCUT2D eigenvalue weighted by molar-refractivity contribution is 0.426. The summed E-state index contributed by atoms with van der Waals surface area (Å²) in [6, 6.07) is 22.2. The average molecular weight is 410 g/mol. The Hall–Kier alpha value is -2.79. The van der Waals surface area contributed by atoms with Crippen molar-refractivity contribution in [3.05, 3.63) is 113 Å². The molecule has 0 bridgehead atoms. The minimum atomic E-state index is -1.47. The van der Waals surface area contributed by atoms with E-state index in [0.717, 1.165) is 39.2 Å². The highest BCUT2D eigenvalue weighted by molar-refractivity contribution is 8.03. The summed E-state index contributed by atoms with van der Waals surface area (Å²) >= 11 is 1.72. The lowest BCUT2D eigenvalue weighted by Crippen LogP contribution is -2.29. The first-order chi connectivity index (χ1) is 14.5. The first-order valence-corrected chi connectivity index (χ1v) is 10.7. The molecule has 3 aromatic rings. The fraction of sp³-hybridized carbons (Fsp3) is 0.0769. The predicted octanol–water partition coefficient (Wildman–Crippen LogP) is 5.14. The third-order valence-corrected chi connectivity index (χ3v) is 6.36. The van der Waals surface area contributed by atoms with Gasteiger partial charge in [0.1, 0.15) is 0 Å². The molecule has 2 N–H and O–H groups in total. The normalized spacial score (nSPS) is 14.8. The first kappa shape index (κ1) is 20.5. The molecule has 0 aromatic heterocycles. The van der Waals surface area contributed by atoms with Gasteiger partial charge in [-0.2, -0.15) is 0 Å². The second-order valence-electron chi connectivity index (χ2n) is 7.37. The number of fused-ring (bicyclic) bond motifs is 1. The summed E-state index contributed by atoms with van der Waals surface area (Å²) in [5.41, 5.74) is 7.20. The molecule has 0 saturated heterocycles. The van der Waals surface area contributed by atoms with E-state index in [9.17, 15) is 10.0 Å². The number of benzene rings is 3. The highest BCUT2D eigenvalue weighted by Gasteiger charge is 2.14. The minimum absolute atomic E-state index is 0.489. The first-order valence-electron chi connectivity index (χ1n) is 9.92. The smallest absolute Gasteiger partial charge is 0.423 e. The van der Waals surface area contributed by atoms with Crippen LogP contribution in [0.25, 0.3) is 16.7 Å². The second-order valence-corrected chi connectivity index (χ2v) is 8.51. The Morgan fingerprint density at radius 1 is 0.933 bits per heavy atom.